The second-order valence-electron chi connectivity index (χ2n) is 4.28. The van der Waals surface area contributed by atoms with Crippen LogP contribution in [0.4, 0.5) is 4.39 Å². The van der Waals surface area contributed by atoms with Crippen LogP contribution in [0.3, 0.4) is 0 Å². The average molecular weight is 235 g/mol. The van der Waals surface area contributed by atoms with Gasteiger partial charge in [0.25, 0.3) is 0 Å². The third-order valence-corrected chi connectivity index (χ3v) is 2.70. The number of nitrogens with one attached hydrogen (secondary N) is 1. The lowest BCUT2D eigenvalue weighted by molar-refractivity contribution is 0.281. The maximum atomic E-state index is 13.5. The highest BCUT2D eigenvalue weighted by atomic mass is 19.1. The Labute approximate surface area is 98.8 Å². The van der Waals surface area contributed by atoms with Gasteiger partial charge >= 0.3 is 0 Å². The van der Waals surface area contributed by atoms with Crippen molar-refractivity contribution < 1.29 is 8.91 Å². The Morgan fingerprint density at radius 1 is 1.29 bits per heavy atom. The van der Waals surface area contributed by atoms with E-state index in [2.05, 4.69) is 15.5 Å². The van der Waals surface area contributed by atoms with Gasteiger partial charge in [-0.15, -0.1) is 0 Å². The van der Waals surface area contributed by atoms with Crippen LogP contribution in [-0.4, -0.2) is 17.2 Å². The molecule has 1 heterocycles. The number of aromatic nitrogens is 2. The number of benzene rings is 1. The maximum Gasteiger partial charge on any atom is 0.246 e. The largest absolute Gasteiger partial charge is 0.337 e. The lowest BCUT2D eigenvalue weighted by Crippen LogP contribution is -2.33. The van der Waals surface area contributed by atoms with Crippen molar-refractivity contribution in [2.24, 2.45) is 0 Å². The second kappa shape index (κ2) is 4.25. The van der Waals surface area contributed by atoms with Crippen LogP contribution in [0.1, 0.15) is 19.7 Å². The molecule has 1 aromatic carbocycles. The molecule has 0 saturated carbocycles. The predicted octanol–water partition coefficient (Wildman–Crippen LogP) is 2.33. The molecule has 2 rings (SSSR count). The molecule has 2 aromatic rings. The van der Waals surface area contributed by atoms with Gasteiger partial charge in [0, 0.05) is 0 Å². The molecule has 0 saturated heterocycles. The second-order valence-corrected chi connectivity index (χ2v) is 4.28. The van der Waals surface area contributed by atoms with E-state index < -0.39 is 5.54 Å². The van der Waals surface area contributed by atoms with Gasteiger partial charge in [-0.2, -0.15) is 4.98 Å². The van der Waals surface area contributed by atoms with Crippen molar-refractivity contribution in [1.29, 1.82) is 0 Å². The number of halogens is 1. The number of hydrogen-bond acceptors (Lipinski definition) is 4. The van der Waals surface area contributed by atoms with E-state index in [4.69, 9.17) is 4.52 Å². The molecule has 0 radical (unpaired) electrons. The summed E-state index contributed by atoms with van der Waals surface area (Å²) in [6.07, 6.45) is 0. The Hall–Kier alpha value is -1.75. The van der Waals surface area contributed by atoms with E-state index in [9.17, 15) is 4.39 Å². The first-order chi connectivity index (χ1) is 8.04. The van der Waals surface area contributed by atoms with Crippen molar-refractivity contribution >= 4 is 0 Å². The number of hydrogen-bond donors (Lipinski definition) is 1. The SMILES string of the molecule is CNC(C)(C)c1nc(-c2ccccc2F)no1. The molecule has 5 heteroatoms. The van der Waals surface area contributed by atoms with Gasteiger partial charge in [-0.3, -0.25) is 0 Å². The molecule has 4 nitrogen and oxygen atoms in total. The summed E-state index contributed by atoms with van der Waals surface area (Å²) >= 11 is 0. The van der Waals surface area contributed by atoms with Crippen molar-refractivity contribution in [3.63, 3.8) is 0 Å². The van der Waals surface area contributed by atoms with Crippen LogP contribution >= 0.6 is 0 Å². The lowest BCUT2D eigenvalue weighted by atomic mass is 10.1. The summed E-state index contributed by atoms with van der Waals surface area (Å²) in [6.45, 7) is 3.82. The molecular formula is C12H14FN3O. The third kappa shape index (κ3) is 2.19. The molecule has 0 spiro atoms. The fourth-order valence-electron chi connectivity index (χ4n) is 1.34. The highest BCUT2D eigenvalue weighted by Crippen LogP contribution is 2.23. The summed E-state index contributed by atoms with van der Waals surface area (Å²) in [5.41, 5.74) is -0.0920. The molecule has 0 bridgehead atoms. The molecule has 90 valence electrons. The smallest absolute Gasteiger partial charge is 0.246 e. The molecule has 1 N–H and O–H groups in total. The first kappa shape index (κ1) is 11.7. The van der Waals surface area contributed by atoms with E-state index in [0.717, 1.165) is 0 Å². The zero-order valence-corrected chi connectivity index (χ0v) is 9.99. The first-order valence-corrected chi connectivity index (χ1v) is 5.32. The van der Waals surface area contributed by atoms with Gasteiger partial charge in [0.15, 0.2) is 0 Å². The summed E-state index contributed by atoms with van der Waals surface area (Å²) in [4.78, 5) is 4.20. The van der Waals surface area contributed by atoms with E-state index in [-0.39, 0.29) is 11.6 Å². The fraction of sp³-hybridized carbons (Fsp3) is 0.333. The normalized spacial score (nSPS) is 11.8. The van der Waals surface area contributed by atoms with Gasteiger partial charge in [0.05, 0.1) is 11.1 Å². The predicted molar refractivity (Wildman–Crippen MR) is 61.8 cm³/mol. The van der Waals surface area contributed by atoms with Gasteiger partial charge in [-0.1, -0.05) is 17.3 Å². The molecular weight excluding hydrogens is 221 g/mol. The Bertz CT molecular complexity index is 522. The fourth-order valence-corrected chi connectivity index (χ4v) is 1.34. The van der Waals surface area contributed by atoms with Gasteiger partial charge < -0.3 is 9.84 Å². The monoisotopic (exact) mass is 235 g/mol. The van der Waals surface area contributed by atoms with Crippen molar-refractivity contribution in [2.45, 2.75) is 19.4 Å². The zero-order chi connectivity index (χ0) is 12.5. The molecule has 0 aliphatic heterocycles. The molecule has 1 aromatic heterocycles. The summed E-state index contributed by atoms with van der Waals surface area (Å²) in [7, 11) is 1.80. The summed E-state index contributed by atoms with van der Waals surface area (Å²) in [5.74, 6) is 0.335. The molecule has 0 aliphatic rings. The average Bonchev–Trinajstić information content (AvgIpc) is 2.79. The minimum atomic E-state index is -0.434. The molecule has 0 aliphatic carbocycles. The summed E-state index contributed by atoms with van der Waals surface area (Å²) in [5, 5.41) is 6.84. The Morgan fingerprint density at radius 3 is 2.65 bits per heavy atom. The standard InChI is InChI=1S/C12H14FN3O/c1-12(2,14-3)11-15-10(16-17-11)8-6-4-5-7-9(8)13/h4-7,14H,1-3H3. The van der Waals surface area contributed by atoms with Crippen molar-refractivity contribution in [1.82, 2.24) is 15.5 Å². The summed E-state index contributed by atoms with van der Waals surface area (Å²) in [6, 6.07) is 6.35. The molecule has 0 fully saturated rings. The van der Waals surface area contributed by atoms with Gasteiger partial charge in [0.2, 0.25) is 11.7 Å². The highest BCUT2D eigenvalue weighted by molar-refractivity contribution is 5.54. The van der Waals surface area contributed by atoms with E-state index >= 15 is 0 Å². The molecule has 0 atom stereocenters. The molecule has 0 unspecified atom stereocenters. The highest BCUT2D eigenvalue weighted by Gasteiger charge is 2.26. The van der Waals surface area contributed by atoms with Crippen molar-refractivity contribution in [3.05, 3.63) is 36.0 Å². The topological polar surface area (TPSA) is 51.0 Å². The van der Waals surface area contributed by atoms with E-state index in [0.29, 0.717) is 11.5 Å². The molecule has 17 heavy (non-hydrogen) atoms. The summed E-state index contributed by atoms with van der Waals surface area (Å²) < 4.78 is 18.7. The first-order valence-electron chi connectivity index (χ1n) is 5.32. The van der Waals surface area contributed by atoms with Crippen LogP contribution < -0.4 is 5.32 Å². The van der Waals surface area contributed by atoms with E-state index in [1.54, 1.807) is 25.2 Å². The Kier molecular flexibility index (Phi) is 2.93. The van der Waals surface area contributed by atoms with Crippen LogP contribution in [0.2, 0.25) is 0 Å². The maximum absolute atomic E-state index is 13.5. The number of nitrogens with zero attached hydrogens (tertiary/aromatic N) is 2. The third-order valence-electron chi connectivity index (χ3n) is 2.70. The minimum Gasteiger partial charge on any atom is -0.337 e. The Balaban J connectivity index is 2.40. The van der Waals surface area contributed by atoms with Gasteiger partial charge in [-0.05, 0) is 33.0 Å². The number of rotatable bonds is 3. The van der Waals surface area contributed by atoms with Crippen LogP contribution in [0.25, 0.3) is 11.4 Å². The zero-order valence-electron chi connectivity index (χ0n) is 9.99. The molecule has 0 amide bonds. The van der Waals surface area contributed by atoms with Crippen LogP contribution in [0.5, 0.6) is 0 Å². The lowest BCUT2D eigenvalue weighted by Gasteiger charge is -2.17. The van der Waals surface area contributed by atoms with E-state index in [1.807, 2.05) is 13.8 Å². The van der Waals surface area contributed by atoms with Crippen LogP contribution in [0, 0.1) is 5.82 Å². The van der Waals surface area contributed by atoms with E-state index in [1.165, 1.54) is 6.07 Å². The van der Waals surface area contributed by atoms with Crippen LogP contribution in [-0.2, 0) is 5.54 Å². The van der Waals surface area contributed by atoms with Gasteiger partial charge in [0.1, 0.15) is 5.82 Å². The van der Waals surface area contributed by atoms with Crippen LogP contribution in [0.15, 0.2) is 28.8 Å². The quantitative estimate of drug-likeness (QED) is 0.887. The van der Waals surface area contributed by atoms with Crippen molar-refractivity contribution in [3.8, 4) is 11.4 Å². The van der Waals surface area contributed by atoms with Gasteiger partial charge in [-0.25, -0.2) is 4.39 Å². The minimum absolute atomic E-state index is 0.265. The Morgan fingerprint density at radius 2 is 2.00 bits per heavy atom. The van der Waals surface area contributed by atoms with Crippen molar-refractivity contribution in [2.75, 3.05) is 7.05 Å².